The van der Waals surface area contributed by atoms with E-state index in [2.05, 4.69) is 10.6 Å². The van der Waals surface area contributed by atoms with Crippen molar-refractivity contribution in [2.24, 2.45) is 0 Å². The first-order chi connectivity index (χ1) is 11.9. The number of ether oxygens (including phenoxy) is 1. The van der Waals surface area contributed by atoms with E-state index < -0.39 is 0 Å². The Labute approximate surface area is 152 Å². The normalized spacial score (nSPS) is 10.2. The number of Topliss-reactive ketones (excluding diaryl/α,β-unsaturated/α-hetero) is 1. The van der Waals surface area contributed by atoms with Gasteiger partial charge < -0.3 is 15.4 Å². The molecule has 0 atom stereocenters. The highest BCUT2D eigenvalue weighted by atomic mass is 35.5. The smallest absolute Gasteiger partial charge is 0.319 e. The molecule has 0 aliphatic rings. The molecule has 2 rings (SSSR count). The molecular formula is C19H21ClN2O3. The minimum atomic E-state index is -0.331. The van der Waals surface area contributed by atoms with Crippen LogP contribution in [0.3, 0.4) is 0 Å². The Kier molecular flexibility index (Phi) is 6.42. The fourth-order valence-electron chi connectivity index (χ4n) is 2.29. The highest BCUT2D eigenvalue weighted by Gasteiger charge is 2.05. The van der Waals surface area contributed by atoms with Crippen LogP contribution in [0.25, 0.3) is 0 Å². The van der Waals surface area contributed by atoms with Gasteiger partial charge in [0.05, 0.1) is 6.54 Å². The van der Waals surface area contributed by atoms with Crippen molar-refractivity contribution >= 4 is 29.1 Å². The van der Waals surface area contributed by atoms with E-state index in [1.54, 1.807) is 24.3 Å². The Balaban J connectivity index is 1.76. The van der Waals surface area contributed by atoms with Crippen LogP contribution in [0.1, 0.15) is 28.4 Å². The number of amides is 2. The first-order valence-electron chi connectivity index (χ1n) is 7.92. The lowest BCUT2D eigenvalue weighted by atomic mass is 10.1. The van der Waals surface area contributed by atoms with E-state index in [0.717, 1.165) is 21.9 Å². The number of hydrogen-bond donors (Lipinski definition) is 2. The molecule has 2 aromatic carbocycles. The molecule has 0 spiro atoms. The van der Waals surface area contributed by atoms with Gasteiger partial charge in [-0.05, 0) is 68.3 Å². The summed E-state index contributed by atoms with van der Waals surface area (Å²) in [6, 6.07) is 10.1. The first-order valence-corrected chi connectivity index (χ1v) is 8.30. The van der Waals surface area contributed by atoms with E-state index in [-0.39, 0.29) is 11.8 Å². The highest BCUT2D eigenvalue weighted by molar-refractivity contribution is 6.32. The summed E-state index contributed by atoms with van der Waals surface area (Å²) in [6.45, 7) is 6.05. The maximum atomic E-state index is 11.8. The molecule has 0 bridgehead atoms. The molecule has 0 fully saturated rings. The fraction of sp³-hybridized carbons (Fsp3) is 0.263. The number of nitrogens with one attached hydrogen (secondary N) is 2. The van der Waals surface area contributed by atoms with Crippen LogP contribution in [0.4, 0.5) is 10.5 Å². The van der Waals surface area contributed by atoms with Crippen molar-refractivity contribution in [1.82, 2.24) is 5.32 Å². The van der Waals surface area contributed by atoms with Crippen LogP contribution >= 0.6 is 11.6 Å². The second-order valence-electron chi connectivity index (χ2n) is 5.73. The molecule has 2 aromatic rings. The number of carbonyl (C=O) groups excluding carboxylic acids is 2. The van der Waals surface area contributed by atoms with Gasteiger partial charge in [0.2, 0.25) is 0 Å². The predicted octanol–water partition coefficient (Wildman–Crippen LogP) is 4.36. The van der Waals surface area contributed by atoms with Crippen LogP contribution in [0.5, 0.6) is 5.75 Å². The SMILES string of the molecule is CC(=O)c1ccc(NC(=O)NCCOc2cc(C)c(Cl)c(C)c2)cc1. The standard InChI is InChI=1S/C19H21ClN2O3/c1-12-10-17(11-13(2)18(12)20)25-9-8-21-19(24)22-16-6-4-15(5-7-16)14(3)23/h4-7,10-11H,8-9H2,1-3H3,(H2,21,22,24). The molecule has 2 N–H and O–H groups in total. The summed E-state index contributed by atoms with van der Waals surface area (Å²) in [4.78, 5) is 23.0. The second kappa shape index (κ2) is 8.53. The number of hydrogen-bond acceptors (Lipinski definition) is 3. The fourth-order valence-corrected chi connectivity index (χ4v) is 2.40. The zero-order valence-electron chi connectivity index (χ0n) is 14.5. The summed E-state index contributed by atoms with van der Waals surface area (Å²) in [6.07, 6.45) is 0. The van der Waals surface area contributed by atoms with Crippen LogP contribution in [0.2, 0.25) is 5.02 Å². The van der Waals surface area contributed by atoms with Crippen molar-refractivity contribution in [2.75, 3.05) is 18.5 Å². The monoisotopic (exact) mass is 360 g/mol. The molecule has 6 heteroatoms. The zero-order chi connectivity index (χ0) is 18.4. The van der Waals surface area contributed by atoms with Crippen LogP contribution in [-0.2, 0) is 0 Å². The predicted molar refractivity (Wildman–Crippen MR) is 99.9 cm³/mol. The Morgan fingerprint density at radius 1 is 1.08 bits per heavy atom. The number of rotatable bonds is 6. The van der Waals surface area contributed by atoms with Gasteiger partial charge in [-0.15, -0.1) is 0 Å². The number of ketones is 1. The highest BCUT2D eigenvalue weighted by Crippen LogP contribution is 2.25. The molecule has 25 heavy (non-hydrogen) atoms. The zero-order valence-corrected chi connectivity index (χ0v) is 15.2. The molecular weight excluding hydrogens is 340 g/mol. The van der Waals surface area contributed by atoms with Crippen molar-refractivity contribution < 1.29 is 14.3 Å². The number of urea groups is 1. The average Bonchev–Trinajstić information content (AvgIpc) is 2.57. The minimum Gasteiger partial charge on any atom is -0.492 e. The first kappa shape index (κ1) is 18.8. The third-order valence-corrected chi connectivity index (χ3v) is 4.21. The van der Waals surface area contributed by atoms with Gasteiger partial charge in [-0.2, -0.15) is 0 Å². The molecule has 0 radical (unpaired) electrons. The Bertz CT molecular complexity index is 750. The van der Waals surface area contributed by atoms with E-state index in [1.165, 1.54) is 6.92 Å². The van der Waals surface area contributed by atoms with Gasteiger partial charge in [-0.25, -0.2) is 4.79 Å². The van der Waals surface area contributed by atoms with Crippen molar-refractivity contribution in [1.29, 1.82) is 0 Å². The maximum absolute atomic E-state index is 11.8. The Morgan fingerprint density at radius 3 is 2.24 bits per heavy atom. The quantitative estimate of drug-likeness (QED) is 0.594. The molecule has 0 aliphatic carbocycles. The van der Waals surface area contributed by atoms with Crippen molar-refractivity contribution in [3.05, 3.63) is 58.1 Å². The van der Waals surface area contributed by atoms with Crippen LogP contribution in [-0.4, -0.2) is 25.0 Å². The number of anilines is 1. The molecule has 0 aromatic heterocycles. The van der Waals surface area contributed by atoms with Crippen molar-refractivity contribution in [3.63, 3.8) is 0 Å². The summed E-state index contributed by atoms with van der Waals surface area (Å²) < 4.78 is 5.63. The van der Waals surface area contributed by atoms with E-state index in [0.29, 0.717) is 24.4 Å². The third kappa shape index (κ3) is 5.50. The van der Waals surface area contributed by atoms with E-state index >= 15 is 0 Å². The molecule has 2 amide bonds. The number of benzene rings is 2. The van der Waals surface area contributed by atoms with Crippen molar-refractivity contribution in [3.8, 4) is 5.75 Å². The Hall–Kier alpha value is -2.53. The summed E-state index contributed by atoms with van der Waals surface area (Å²) in [5, 5.41) is 6.15. The van der Waals surface area contributed by atoms with Gasteiger partial charge in [0.15, 0.2) is 5.78 Å². The molecule has 0 aliphatic heterocycles. The summed E-state index contributed by atoms with van der Waals surface area (Å²) in [7, 11) is 0. The van der Waals surface area contributed by atoms with Gasteiger partial charge in [0.1, 0.15) is 12.4 Å². The van der Waals surface area contributed by atoms with Crippen LogP contribution < -0.4 is 15.4 Å². The van der Waals surface area contributed by atoms with Gasteiger partial charge in [0, 0.05) is 16.3 Å². The van der Waals surface area contributed by atoms with E-state index in [1.807, 2.05) is 26.0 Å². The topological polar surface area (TPSA) is 67.4 Å². The average molecular weight is 361 g/mol. The molecule has 132 valence electrons. The lowest BCUT2D eigenvalue weighted by Crippen LogP contribution is -2.32. The third-order valence-electron chi connectivity index (χ3n) is 3.62. The summed E-state index contributed by atoms with van der Waals surface area (Å²) in [5.74, 6) is 0.710. The van der Waals surface area contributed by atoms with E-state index in [4.69, 9.17) is 16.3 Å². The molecule has 0 saturated heterocycles. The number of aryl methyl sites for hydroxylation is 2. The maximum Gasteiger partial charge on any atom is 0.319 e. The lowest BCUT2D eigenvalue weighted by molar-refractivity contribution is 0.101. The largest absolute Gasteiger partial charge is 0.492 e. The summed E-state index contributed by atoms with van der Waals surface area (Å²) >= 11 is 6.12. The Morgan fingerprint density at radius 2 is 1.68 bits per heavy atom. The van der Waals surface area contributed by atoms with Crippen molar-refractivity contribution in [2.45, 2.75) is 20.8 Å². The lowest BCUT2D eigenvalue weighted by Gasteiger charge is -2.11. The second-order valence-corrected chi connectivity index (χ2v) is 6.11. The molecule has 0 heterocycles. The van der Waals surface area contributed by atoms with Gasteiger partial charge >= 0.3 is 6.03 Å². The molecule has 0 saturated carbocycles. The van der Waals surface area contributed by atoms with Gasteiger partial charge in [-0.1, -0.05) is 11.6 Å². The van der Waals surface area contributed by atoms with E-state index in [9.17, 15) is 9.59 Å². The van der Waals surface area contributed by atoms with Crippen LogP contribution in [0.15, 0.2) is 36.4 Å². The number of halogens is 1. The number of carbonyl (C=O) groups is 2. The van der Waals surface area contributed by atoms with Gasteiger partial charge in [0.25, 0.3) is 0 Å². The summed E-state index contributed by atoms with van der Waals surface area (Å²) in [5.41, 5.74) is 3.13. The molecule has 0 unspecified atom stereocenters. The van der Waals surface area contributed by atoms with Gasteiger partial charge in [-0.3, -0.25) is 4.79 Å². The molecule has 5 nitrogen and oxygen atoms in total. The van der Waals surface area contributed by atoms with Crippen LogP contribution in [0, 0.1) is 13.8 Å². The minimum absolute atomic E-state index is 0.0131.